The Morgan fingerprint density at radius 3 is 2.44 bits per heavy atom. The maximum Gasteiger partial charge on any atom is 0.246 e. The summed E-state index contributed by atoms with van der Waals surface area (Å²) in [7, 11) is 0. The largest absolute Gasteiger partial charge is 0.392 e. The van der Waals surface area contributed by atoms with E-state index in [0.29, 0.717) is 5.56 Å². The van der Waals surface area contributed by atoms with Gasteiger partial charge in [0.1, 0.15) is 0 Å². The summed E-state index contributed by atoms with van der Waals surface area (Å²) in [5.74, 6) is -0.631. The molecule has 1 fully saturated rings. The number of carbonyl (C=O) groups is 2. The molecule has 1 heterocycles. The molecule has 0 unspecified atom stereocenters. The van der Waals surface area contributed by atoms with Crippen LogP contribution >= 0.6 is 0 Å². The molecule has 1 aliphatic rings. The van der Waals surface area contributed by atoms with E-state index in [0.717, 1.165) is 5.69 Å². The third kappa shape index (κ3) is 2.04. The molecule has 84 valence electrons. The zero-order valence-electron chi connectivity index (χ0n) is 8.64. The number of aliphatic hydroxyl groups is 1. The van der Waals surface area contributed by atoms with Crippen LogP contribution in [0.3, 0.4) is 0 Å². The molecule has 0 radical (unpaired) electrons. The van der Waals surface area contributed by atoms with E-state index in [2.05, 4.69) is 5.32 Å². The first-order chi connectivity index (χ1) is 7.70. The predicted octanol–water partition coefficient (Wildman–Crippen LogP) is -0.358. The Labute approximate surface area is 92.7 Å². The highest BCUT2D eigenvalue weighted by Gasteiger charge is 2.23. The summed E-state index contributed by atoms with van der Waals surface area (Å²) in [5.41, 5.74) is 1.44. The Bertz CT molecular complexity index is 415. The van der Waals surface area contributed by atoms with E-state index in [4.69, 9.17) is 5.11 Å². The maximum atomic E-state index is 11.2. The Kier molecular flexibility index (Phi) is 2.87. The molecule has 0 aromatic heterocycles. The summed E-state index contributed by atoms with van der Waals surface area (Å²) in [4.78, 5) is 24.1. The number of para-hydroxylation sites is 1. The van der Waals surface area contributed by atoms with Crippen LogP contribution in [0, 0.1) is 0 Å². The van der Waals surface area contributed by atoms with Crippen LogP contribution in [-0.4, -0.2) is 30.0 Å². The van der Waals surface area contributed by atoms with E-state index in [9.17, 15) is 9.59 Å². The summed E-state index contributed by atoms with van der Waals surface area (Å²) in [6, 6.07) is 7.18. The second-order valence-electron chi connectivity index (χ2n) is 3.61. The summed E-state index contributed by atoms with van der Waals surface area (Å²) in [6.07, 6.45) is 0. The van der Waals surface area contributed by atoms with Gasteiger partial charge < -0.3 is 10.0 Å². The first-order valence-corrected chi connectivity index (χ1v) is 4.97. The van der Waals surface area contributed by atoms with Crippen LogP contribution < -0.4 is 10.2 Å². The Morgan fingerprint density at radius 1 is 1.19 bits per heavy atom. The standard InChI is InChI=1S/C11H12N2O3/c14-7-8-3-1-2-4-9(8)13-5-10(15)12-11(16)6-13/h1-4,14H,5-7H2,(H,12,15,16). The van der Waals surface area contributed by atoms with Crippen molar-refractivity contribution >= 4 is 17.5 Å². The van der Waals surface area contributed by atoms with Gasteiger partial charge in [-0.2, -0.15) is 0 Å². The molecular formula is C11H12N2O3. The number of imide groups is 1. The maximum absolute atomic E-state index is 11.2. The zero-order valence-corrected chi connectivity index (χ0v) is 8.64. The van der Waals surface area contributed by atoms with E-state index in [1.165, 1.54) is 0 Å². The van der Waals surface area contributed by atoms with Gasteiger partial charge in [-0.3, -0.25) is 14.9 Å². The lowest BCUT2D eigenvalue weighted by Gasteiger charge is -2.28. The molecule has 0 aliphatic carbocycles. The highest BCUT2D eigenvalue weighted by Crippen LogP contribution is 2.20. The Morgan fingerprint density at radius 2 is 1.81 bits per heavy atom. The van der Waals surface area contributed by atoms with Crippen molar-refractivity contribution in [2.45, 2.75) is 6.61 Å². The molecule has 2 N–H and O–H groups in total. The highest BCUT2D eigenvalue weighted by molar-refractivity contribution is 6.02. The average molecular weight is 220 g/mol. The van der Waals surface area contributed by atoms with Crippen LogP contribution in [0.1, 0.15) is 5.56 Å². The first-order valence-electron chi connectivity index (χ1n) is 4.97. The normalized spacial score (nSPS) is 16.2. The minimum absolute atomic E-state index is 0.109. The third-order valence-electron chi connectivity index (χ3n) is 2.45. The van der Waals surface area contributed by atoms with Gasteiger partial charge in [-0.05, 0) is 6.07 Å². The summed E-state index contributed by atoms with van der Waals surface area (Å²) >= 11 is 0. The molecule has 5 nitrogen and oxygen atoms in total. The van der Waals surface area contributed by atoms with Gasteiger partial charge >= 0.3 is 0 Å². The summed E-state index contributed by atoms with van der Waals surface area (Å²) in [5, 5.41) is 11.4. The van der Waals surface area contributed by atoms with Crippen LogP contribution in [0.5, 0.6) is 0 Å². The molecule has 0 atom stereocenters. The smallest absolute Gasteiger partial charge is 0.246 e. The van der Waals surface area contributed by atoms with Gasteiger partial charge in [0.15, 0.2) is 0 Å². The van der Waals surface area contributed by atoms with Crippen molar-refractivity contribution in [3.63, 3.8) is 0 Å². The van der Waals surface area contributed by atoms with Crippen LogP contribution in [0.2, 0.25) is 0 Å². The van der Waals surface area contributed by atoms with Crippen molar-refractivity contribution < 1.29 is 14.7 Å². The number of nitrogens with one attached hydrogen (secondary N) is 1. The second kappa shape index (κ2) is 4.32. The van der Waals surface area contributed by atoms with Crippen LogP contribution in [-0.2, 0) is 16.2 Å². The van der Waals surface area contributed by atoms with Crippen molar-refractivity contribution in [3.05, 3.63) is 29.8 Å². The molecule has 0 saturated carbocycles. The molecule has 1 aliphatic heterocycles. The van der Waals surface area contributed by atoms with Gasteiger partial charge in [0.05, 0.1) is 19.7 Å². The van der Waals surface area contributed by atoms with E-state index in [1.54, 1.807) is 23.1 Å². The topological polar surface area (TPSA) is 69.6 Å². The van der Waals surface area contributed by atoms with E-state index in [-0.39, 0.29) is 31.5 Å². The molecule has 0 bridgehead atoms. The van der Waals surface area contributed by atoms with Gasteiger partial charge in [-0.1, -0.05) is 18.2 Å². The molecule has 1 aromatic carbocycles. The zero-order chi connectivity index (χ0) is 11.5. The molecule has 16 heavy (non-hydrogen) atoms. The molecule has 2 amide bonds. The van der Waals surface area contributed by atoms with Gasteiger partial charge in [-0.25, -0.2) is 0 Å². The number of amides is 2. The third-order valence-corrected chi connectivity index (χ3v) is 2.45. The Balaban J connectivity index is 2.29. The number of piperazine rings is 1. The lowest BCUT2D eigenvalue weighted by molar-refractivity contribution is -0.130. The SMILES string of the molecule is O=C1CN(c2ccccc2CO)CC(=O)N1. The first kappa shape index (κ1) is 10.6. The van der Waals surface area contributed by atoms with E-state index < -0.39 is 0 Å². The summed E-state index contributed by atoms with van der Waals surface area (Å²) in [6.45, 7) is 0.175. The number of carbonyl (C=O) groups excluding carboxylic acids is 2. The minimum atomic E-state index is -0.316. The molecule has 5 heteroatoms. The minimum Gasteiger partial charge on any atom is -0.392 e. The fourth-order valence-corrected chi connectivity index (χ4v) is 1.76. The number of benzene rings is 1. The van der Waals surface area contributed by atoms with E-state index in [1.807, 2.05) is 6.07 Å². The van der Waals surface area contributed by atoms with Gasteiger partial charge in [0.2, 0.25) is 11.8 Å². The summed E-state index contributed by atoms with van der Waals surface area (Å²) < 4.78 is 0. The quantitative estimate of drug-likeness (QED) is 0.668. The number of rotatable bonds is 2. The van der Waals surface area contributed by atoms with Crippen molar-refractivity contribution in [2.75, 3.05) is 18.0 Å². The van der Waals surface area contributed by atoms with Crippen LogP contribution in [0.4, 0.5) is 5.69 Å². The predicted molar refractivity (Wildman–Crippen MR) is 57.7 cm³/mol. The van der Waals surface area contributed by atoms with Crippen LogP contribution in [0.25, 0.3) is 0 Å². The number of hydrogen-bond donors (Lipinski definition) is 2. The lowest BCUT2D eigenvalue weighted by atomic mass is 10.1. The van der Waals surface area contributed by atoms with Gasteiger partial charge in [-0.15, -0.1) is 0 Å². The second-order valence-corrected chi connectivity index (χ2v) is 3.61. The number of nitrogens with zero attached hydrogens (tertiary/aromatic N) is 1. The van der Waals surface area contributed by atoms with Crippen molar-refractivity contribution in [2.24, 2.45) is 0 Å². The monoisotopic (exact) mass is 220 g/mol. The number of anilines is 1. The number of aliphatic hydroxyl groups excluding tert-OH is 1. The van der Waals surface area contributed by atoms with Crippen LogP contribution in [0.15, 0.2) is 24.3 Å². The van der Waals surface area contributed by atoms with Gasteiger partial charge in [0, 0.05) is 11.3 Å². The molecule has 0 spiro atoms. The van der Waals surface area contributed by atoms with Crippen molar-refractivity contribution in [3.8, 4) is 0 Å². The fraction of sp³-hybridized carbons (Fsp3) is 0.273. The van der Waals surface area contributed by atoms with Crippen molar-refractivity contribution in [1.29, 1.82) is 0 Å². The van der Waals surface area contributed by atoms with Crippen molar-refractivity contribution in [1.82, 2.24) is 5.32 Å². The molecule has 1 saturated heterocycles. The molecule has 1 aromatic rings. The molecule has 2 rings (SSSR count). The number of hydrogen-bond acceptors (Lipinski definition) is 4. The Hall–Kier alpha value is -1.88. The van der Waals surface area contributed by atoms with E-state index >= 15 is 0 Å². The molecular weight excluding hydrogens is 208 g/mol. The highest BCUT2D eigenvalue weighted by atomic mass is 16.3. The van der Waals surface area contributed by atoms with Gasteiger partial charge in [0.25, 0.3) is 0 Å². The fourth-order valence-electron chi connectivity index (χ4n) is 1.76. The lowest BCUT2D eigenvalue weighted by Crippen LogP contribution is -2.51. The average Bonchev–Trinajstić information content (AvgIpc) is 2.27.